The van der Waals surface area contributed by atoms with E-state index >= 15 is 0 Å². The first-order valence-corrected chi connectivity index (χ1v) is 7.50. The molecule has 1 saturated heterocycles. The van der Waals surface area contributed by atoms with Gasteiger partial charge in [0.1, 0.15) is 0 Å². The Hall–Kier alpha value is -1.13. The highest BCUT2D eigenvalue weighted by Gasteiger charge is 2.24. The number of nitrogens with zero attached hydrogens (tertiary/aromatic N) is 1. The predicted molar refractivity (Wildman–Crippen MR) is 79.2 cm³/mol. The van der Waals surface area contributed by atoms with E-state index in [0.29, 0.717) is 24.1 Å². The Morgan fingerprint density at radius 2 is 2.00 bits per heavy atom. The Balaban J connectivity index is 1.88. The van der Waals surface area contributed by atoms with Crippen molar-refractivity contribution in [3.8, 4) is 5.75 Å². The maximum absolute atomic E-state index is 13.3. The van der Waals surface area contributed by atoms with Crippen LogP contribution in [0.15, 0.2) is 18.2 Å². The third kappa shape index (κ3) is 3.70. The number of phenols is 1. The van der Waals surface area contributed by atoms with Crippen molar-refractivity contribution in [2.45, 2.75) is 39.3 Å². The number of hydrogen-bond donors (Lipinski definition) is 2. The standard InChI is InChI=1S/C16H25FN2O/c1-12(2)15(19-8-3-4-9-19)11-18-10-13-6-5-7-14(17)16(13)20/h5-7,12,15,18,20H,3-4,8-11H2,1-2H3. The Morgan fingerprint density at radius 3 is 2.65 bits per heavy atom. The summed E-state index contributed by atoms with van der Waals surface area (Å²) < 4.78 is 13.3. The number of aromatic hydroxyl groups is 1. The Morgan fingerprint density at radius 1 is 1.30 bits per heavy atom. The molecule has 20 heavy (non-hydrogen) atoms. The summed E-state index contributed by atoms with van der Waals surface area (Å²) in [7, 11) is 0. The fourth-order valence-electron chi connectivity index (χ4n) is 2.92. The largest absolute Gasteiger partial charge is 0.505 e. The van der Waals surface area contributed by atoms with Gasteiger partial charge in [-0.3, -0.25) is 4.90 Å². The van der Waals surface area contributed by atoms with Gasteiger partial charge in [0.05, 0.1) is 0 Å². The quantitative estimate of drug-likeness (QED) is 0.841. The number of phenolic OH excluding ortho intramolecular Hbond substituents is 1. The summed E-state index contributed by atoms with van der Waals surface area (Å²) in [5.74, 6) is -0.201. The molecule has 3 nitrogen and oxygen atoms in total. The van der Waals surface area contributed by atoms with Crippen LogP contribution in [-0.2, 0) is 6.54 Å². The zero-order chi connectivity index (χ0) is 14.5. The summed E-state index contributed by atoms with van der Waals surface area (Å²) in [6.07, 6.45) is 2.57. The molecule has 1 aliphatic heterocycles. The van der Waals surface area contributed by atoms with Gasteiger partial charge in [0.2, 0.25) is 0 Å². The van der Waals surface area contributed by atoms with E-state index < -0.39 is 5.82 Å². The number of para-hydroxylation sites is 1. The van der Waals surface area contributed by atoms with Crippen LogP contribution in [0.3, 0.4) is 0 Å². The summed E-state index contributed by atoms with van der Waals surface area (Å²) in [5, 5.41) is 13.0. The van der Waals surface area contributed by atoms with Gasteiger partial charge >= 0.3 is 0 Å². The van der Waals surface area contributed by atoms with Crippen molar-refractivity contribution < 1.29 is 9.50 Å². The number of rotatable bonds is 6. The summed E-state index contributed by atoms with van der Waals surface area (Å²) in [5.41, 5.74) is 0.619. The molecule has 1 atom stereocenters. The minimum atomic E-state index is -0.552. The molecule has 1 aromatic rings. The summed E-state index contributed by atoms with van der Waals surface area (Å²) in [6.45, 7) is 8.20. The van der Waals surface area contributed by atoms with E-state index in [4.69, 9.17) is 0 Å². The van der Waals surface area contributed by atoms with Crippen LogP contribution < -0.4 is 5.32 Å². The van der Waals surface area contributed by atoms with Gasteiger partial charge < -0.3 is 10.4 Å². The summed E-state index contributed by atoms with van der Waals surface area (Å²) in [4.78, 5) is 2.53. The van der Waals surface area contributed by atoms with Gasteiger partial charge in [-0.1, -0.05) is 26.0 Å². The van der Waals surface area contributed by atoms with Crippen molar-refractivity contribution in [3.05, 3.63) is 29.6 Å². The third-order valence-electron chi connectivity index (χ3n) is 4.12. The van der Waals surface area contributed by atoms with Crippen molar-refractivity contribution in [1.82, 2.24) is 10.2 Å². The normalized spacial score (nSPS) is 17.8. The van der Waals surface area contributed by atoms with Gasteiger partial charge in [-0.25, -0.2) is 4.39 Å². The van der Waals surface area contributed by atoms with Crippen molar-refractivity contribution >= 4 is 0 Å². The number of benzene rings is 1. The first-order chi connectivity index (χ1) is 9.59. The van der Waals surface area contributed by atoms with E-state index in [1.165, 1.54) is 32.0 Å². The minimum Gasteiger partial charge on any atom is -0.505 e. The average molecular weight is 280 g/mol. The first kappa shape index (κ1) is 15.3. The first-order valence-electron chi connectivity index (χ1n) is 7.50. The van der Waals surface area contributed by atoms with Crippen LogP contribution in [0.5, 0.6) is 5.75 Å². The van der Waals surface area contributed by atoms with Crippen LogP contribution in [0, 0.1) is 11.7 Å². The molecule has 0 aliphatic carbocycles. The Bertz CT molecular complexity index is 430. The number of halogens is 1. The lowest BCUT2D eigenvalue weighted by Gasteiger charge is -2.31. The molecule has 0 aromatic heterocycles. The van der Waals surface area contributed by atoms with Gasteiger partial charge in [-0.15, -0.1) is 0 Å². The van der Waals surface area contributed by atoms with E-state index in [1.807, 2.05) is 0 Å². The number of likely N-dealkylation sites (tertiary alicyclic amines) is 1. The lowest BCUT2D eigenvalue weighted by molar-refractivity contribution is 0.186. The molecule has 2 N–H and O–H groups in total. The molecule has 0 amide bonds. The molecular formula is C16H25FN2O. The lowest BCUT2D eigenvalue weighted by Crippen LogP contribution is -2.44. The molecule has 1 aliphatic rings. The second-order valence-electron chi connectivity index (χ2n) is 5.93. The smallest absolute Gasteiger partial charge is 0.165 e. The van der Waals surface area contributed by atoms with Crippen molar-refractivity contribution in [2.24, 2.45) is 5.92 Å². The maximum atomic E-state index is 13.3. The lowest BCUT2D eigenvalue weighted by atomic mass is 10.0. The molecule has 1 heterocycles. The fourth-order valence-corrected chi connectivity index (χ4v) is 2.92. The molecule has 0 spiro atoms. The molecule has 0 radical (unpaired) electrons. The van der Waals surface area contributed by atoms with Crippen LogP contribution in [-0.4, -0.2) is 35.7 Å². The molecular weight excluding hydrogens is 255 g/mol. The van der Waals surface area contributed by atoms with Gasteiger partial charge in [-0.05, 0) is 37.9 Å². The average Bonchev–Trinajstić information content (AvgIpc) is 2.92. The molecule has 0 saturated carbocycles. The summed E-state index contributed by atoms with van der Waals surface area (Å²) in [6, 6.07) is 5.17. The van der Waals surface area contributed by atoms with E-state index in [1.54, 1.807) is 12.1 Å². The second-order valence-corrected chi connectivity index (χ2v) is 5.93. The number of hydrogen-bond acceptors (Lipinski definition) is 3. The molecule has 112 valence electrons. The van der Waals surface area contributed by atoms with E-state index in [0.717, 1.165) is 6.54 Å². The zero-order valence-electron chi connectivity index (χ0n) is 12.4. The molecule has 4 heteroatoms. The molecule has 1 fully saturated rings. The topological polar surface area (TPSA) is 35.5 Å². The molecule has 1 unspecified atom stereocenters. The van der Waals surface area contributed by atoms with Crippen molar-refractivity contribution in [3.63, 3.8) is 0 Å². The number of nitrogens with one attached hydrogen (secondary N) is 1. The van der Waals surface area contributed by atoms with Crippen LogP contribution in [0.2, 0.25) is 0 Å². The SMILES string of the molecule is CC(C)C(CNCc1cccc(F)c1O)N1CCCC1. The van der Waals surface area contributed by atoms with Crippen molar-refractivity contribution in [2.75, 3.05) is 19.6 Å². The third-order valence-corrected chi connectivity index (χ3v) is 4.12. The highest BCUT2D eigenvalue weighted by molar-refractivity contribution is 5.33. The minimum absolute atomic E-state index is 0.234. The van der Waals surface area contributed by atoms with Crippen LogP contribution >= 0.6 is 0 Å². The molecule has 1 aromatic carbocycles. The van der Waals surface area contributed by atoms with E-state index in [2.05, 4.69) is 24.1 Å². The fraction of sp³-hybridized carbons (Fsp3) is 0.625. The maximum Gasteiger partial charge on any atom is 0.165 e. The zero-order valence-corrected chi connectivity index (χ0v) is 12.4. The Labute approximate surface area is 120 Å². The van der Waals surface area contributed by atoms with E-state index in [9.17, 15) is 9.50 Å². The van der Waals surface area contributed by atoms with Gasteiger partial charge in [0.25, 0.3) is 0 Å². The monoisotopic (exact) mass is 280 g/mol. The van der Waals surface area contributed by atoms with E-state index in [-0.39, 0.29) is 5.75 Å². The van der Waals surface area contributed by atoms with Crippen LogP contribution in [0.25, 0.3) is 0 Å². The van der Waals surface area contributed by atoms with Crippen molar-refractivity contribution in [1.29, 1.82) is 0 Å². The van der Waals surface area contributed by atoms with Gasteiger partial charge in [-0.2, -0.15) is 0 Å². The molecule has 2 rings (SSSR count). The second kappa shape index (κ2) is 7.04. The van der Waals surface area contributed by atoms with Gasteiger partial charge in [0, 0.05) is 24.7 Å². The van der Waals surface area contributed by atoms with Crippen LogP contribution in [0.1, 0.15) is 32.3 Å². The summed E-state index contributed by atoms with van der Waals surface area (Å²) >= 11 is 0. The van der Waals surface area contributed by atoms with Crippen LogP contribution in [0.4, 0.5) is 4.39 Å². The predicted octanol–water partition coefficient (Wildman–Crippen LogP) is 2.74. The highest BCUT2D eigenvalue weighted by atomic mass is 19.1. The Kier molecular flexibility index (Phi) is 5.38. The molecule has 0 bridgehead atoms. The van der Waals surface area contributed by atoms with Gasteiger partial charge in [0.15, 0.2) is 11.6 Å². The highest BCUT2D eigenvalue weighted by Crippen LogP contribution is 2.21.